The average Bonchev–Trinajstić information content (AvgIpc) is 3.32. The first-order valence-corrected chi connectivity index (χ1v) is 20.8. The Morgan fingerprint density at radius 3 is 2.17 bits per heavy atom. The number of rotatable bonds is 14. The van der Waals surface area contributed by atoms with Gasteiger partial charge in [0.2, 0.25) is 0 Å². The highest BCUT2D eigenvalue weighted by atomic mass is 31.3. The van der Waals surface area contributed by atoms with Crippen LogP contribution >= 0.6 is 31.1 Å². The van der Waals surface area contributed by atoms with Crippen LogP contribution in [-0.4, -0.2) is 65.2 Å². The minimum absolute atomic E-state index is 0.203. The number of ether oxygens (including phenoxy) is 2. The van der Waals surface area contributed by atoms with Gasteiger partial charge in [-0.05, 0) is 28.5 Å². The first kappa shape index (κ1) is 39.6. The van der Waals surface area contributed by atoms with E-state index in [2.05, 4.69) is 22.8 Å². The Kier molecular flexibility index (Phi) is 12.0. The number of phosphoric ester groups is 1. The number of anilines is 1. The van der Waals surface area contributed by atoms with E-state index in [1.165, 1.54) is 24.3 Å². The largest absolute Gasteiger partial charge is 0.490 e. The second kappa shape index (κ2) is 15.8. The number of para-hydroxylation sites is 1. The van der Waals surface area contributed by atoms with Gasteiger partial charge in [-0.15, -0.1) is 0 Å². The Morgan fingerprint density at radius 2 is 1.46 bits per heavy atom. The Hall–Kier alpha value is -3.61. The molecule has 0 bridgehead atoms. The number of nitrogens with one attached hydrogen (secondary N) is 2. The molecule has 4 aromatic rings. The van der Waals surface area contributed by atoms with Crippen molar-refractivity contribution in [3.05, 3.63) is 111 Å². The van der Waals surface area contributed by atoms with Crippen LogP contribution in [0.15, 0.2) is 94.6 Å². The zero-order chi connectivity index (χ0) is 37.9. The fourth-order valence-electron chi connectivity index (χ4n) is 4.94. The topological polar surface area (TPSA) is 309 Å². The fourth-order valence-corrected chi connectivity index (χ4v) is 10.6. The average molecular weight is 807 g/mol. The van der Waals surface area contributed by atoms with Crippen molar-refractivity contribution in [1.29, 1.82) is 0 Å². The number of hydrogen-bond acceptors (Lipinski definition) is 14. The molecule has 0 saturated carbocycles. The first-order valence-electron chi connectivity index (χ1n) is 14.6. The van der Waals surface area contributed by atoms with Gasteiger partial charge in [0.25, 0.3) is 5.56 Å². The second-order valence-electron chi connectivity index (χ2n) is 10.8. The Labute approximate surface area is 291 Å². The van der Waals surface area contributed by atoms with Crippen molar-refractivity contribution < 1.29 is 74.7 Å². The number of aliphatic hydroxyl groups is 1. The molecule has 5 rings (SSSR count). The molecule has 2 heterocycles. The van der Waals surface area contributed by atoms with Gasteiger partial charge >= 0.3 is 42.8 Å². The van der Waals surface area contributed by atoms with Crippen LogP contribution in [0.4, 0.5) is 10.5 Å². The predicted octanol–water partition coefficient (Wildman–Crippen LogP) is 3.32. The molecule has 1 aliphatic rings. The quantitative estimate of drug-likeness (QED) is 0.0899. The van der Waals surface area contributed by atoms with Crippen LogP contribution in [-0.2, 0) is 51.4 Å². The molecule has 1 aliphatic heterocycles. The van der Waals surface area contributed by atoms with E-state index in [0.717, 1.165) is 16.8 Å². The standard InChI is InChI=1S/C27H29N3O18P4/c31-22-13-14-30(26(33)29-22)25-24(45-27(34)28-19-10-2-1-3-11-19)23(32)21(44-25)15-43-50(37,38)47-52(41,42)48-51(39,40)46-49(35,36)16-18-9-6-8-17-7-4-5-12-20(17)18/h1-14,21,23-25,32H,15-16H2,(H,28,34)(H,35,36)(H,37,38)(H,39,40)(H,41,42)(H,29,31,33)/t21-,23?,24+,25-/m1/s1. The summed E-state index contributed by atoms with van der Waals surface area (Å²) < 4.78 is 78.6. The van der Waals surface area contributed by atoms with Crippen LogP contribution in [0.3, 0.4) is 0 Å². The van der Waals surface area contributed by atoms with Gasteiger partial charge < -0.3 is 34.2 Å². The highest BCUT2D eigenvalue weighted by molar-refractivity contribution is 7.70. The summed E-state index contributed by atoms with van der Waals surface area (Å²) in [6, 6.07) is 20.0. The SMILES string of the molecule is O=C(Nc1ccccc1)O[C@H]1C(O)[C@@H](COP(=O)(O)OP(=O)(O)OP(=O)(O)OP(=O)(O)Cc2cccc3ccccc23)O[C@H]1n1ccc(=O)[nH]c1=O. The van der Waals surface area contributed by atoms with Crippen LogP contribution in [0, 0.1) is 0 Å². The van der Waals surface area contributed by atoms with Gasteiger partial charge in [-0.25, -0.2) is 27.6 Å². The minimum atomic E-state index is -6.12. The number of H-pyrrole nitrogens is 1. The third-order valence-corrected chi connectivity index (χ3v) is 13.4. The van der Waals surface area contributed by atoms with Gasteiger partial charge in [0.15, 0.2) is 12.3 Å². The molecule has 0 spiro atoms. The normalized spacial score (nSPS) is 23.5. The number of phosphoric acid groups is 3. The van der Waals surface area contributed by atoms with E-state index in [0.29, 0.717) is 10.8 Å². The lowest BCUT2D eigenvalue weighted by atomic mass is 10.1. The number of benzene rings is 3. The van der Waals surface area contributed by atoms with E-state index >= 15 is 0 Å². The van der Waals surface area contributed by atoms with Crippen molar-refractivity contribution in [3.8, 4) is 0 Å². The molecule has 280 valence electrons. The number of amides is 1. The smallest absolute Gasteiger partial charge is 0.438 e. The molecule has 0 radical (unpaired) electrons. The number of aromatic amines is 1. The van der Waals surface area contributed by atoms with Crippen molar-refractivity contribution in [2.75, 3.05) is 11.9 Å². The second-order valence-corrected chi connectivity index (χ2v) is 17.4. The van der Waals surface area contributed by atoms with Crippen LogP contribution in [0.1, 0.15) is 11.8 Å². The molecule has 0 aliphatic carbocycles. The molecule has 5 unspecified atom stereocenters. The van der Waals surface area contributed by atoms with Gasteiger partial charge in [0, 0.05) is 18.0 Å². The summed E-state index contributed by atoms with van der Waals surface area (Å²) in [6.07, 6.45) is -8.16. The minimum Gasteiger partial charge on any atom is -0.438 e. The summed E-state index contributed by atoms with van der Waals surface area (Å²) in [7, 11) is -23.0. The summed E-state index contributed by atoms with van der Waals surface area (Å²) in [5.41, 5.74) is -1.40. The first-order chi connectivity index (χ1) is 24.3. The molecule has 1 amide bonds. The van der Waals surface area contributed by atoms with Crippen LogP contribution < -0.4 is 16.6 Å². The molecule has 52 heavy (non-hydrogen) atoms. The van der Waals surface area contributed by atoms with E-state index < -0.39 is 85.7 Å². The van der Waals surface area contributed by atoms with Crippen molar-refractivity contribution in [2.24, 2.45) is 0 Å². The lowest BCUT2D eigenvalue weighted by Crippen LogP contribution is -2.41. The lowest BCUT2D eigenvalue weighted by molar-refractivity contribution is -0.0551. The molecule has 1 saturated heterocycles. The molecule has 7 N–H and O–H groups in total. The molecule has 3 aromatic carbocycles. The Morgan fingerprint density at radius 1 is 0.827 bits per heavy atom. The number of aliphatic hydroxyl groups excluding tert-OH is 1. The summed E-state index contributed by atoms with van der Waals surface area (Å²) in [5, 5.41) is 14.4. The third kappa shape index (κ3) is 10.5. The molecule has 1 aromatic heterocycles. The van der Waals surface area contributed by atoms with Gasteiger partial charge in [0.05, 0.1) is 12.8 Å². The Bertz CT molecular complexity index is 2240. The van der Waals surface area contributed by atoms with Gasteiger partial charge in [-0.3, -0.25) is 28.8 Å². The van der Waals surface area contributed by atoms with Crippen molar-refractivity contribution in [2.45, 2.75) is 30.7 Å². The zero-order valence-electron chi connectivity index (χ0n) is 26.1. The molecular weight excluding hydrogens is 778 g/mol. The number of fused-ring (bicyclic) bond motifs is 1. The summed E-state index contributed by atoms with van der Waals surface area (Å²) >= 11 is 0. The highest BCUT2D eigenvalue weighted by Gasteiger charge is 2.50. The summed E-state index contributed by atoms with van der Waals surface area (Å²) in [4.78, 5) is 78.9. The van der Waals surface area contributed by atoms with E-state index in [4.69, 9.17) is 9.47 Å². The summed E-state index contributed by atoms with van der Waals surface area (Å²) in [5.74, 6) is 0. The predicted molar refractivity (Wildman–Crippen MR) is 178 cm³/mol. The number of nitrogens with zero attached hydrogens (tertiary/aromatic N) is 1. The number of hydrogen-bond donors (Lipinski definition) is 7. The van der Waals surface area contributed by atoms with Crippen molar-refractivity contribution in [1.82, 2.24) is 9.55 Å². The van der Waals surface area contributed by atoms with E-state index in [-0.39, 0.29) is 11.3 Å². The van der Waals surface area contributed by atoms with Crippen LogP contribution in [0.5, 0.6) is 0 Å². The molecule has 21 nitrogen and oxygen atoms in total. The Balaban J connectivity index is 1.23. The molecule has 1 fully saturated rings. The number of aromatic nitrogens is 2. The maximum Gasteiger partial charge on any atom is 0.490 e. The lowest BCUT2D eigenvalue weighted by Gasteiger charge is -2.22. The fraction of sp³-hybridized carbons (Fsp3) is 0.222. The summed E-state index contributed by atoms with van der Waals surface area (Å²) in [6.45, 7) is -1.19. The van der Waals surface area contributed by atoms with Gasteiger partial charge in [-0.1, -0.05) is 60.7 Å². The zero-order valence-corrected chi connectivity index (χ0v) is 29.7. The highest BCUT2D eigenvalue weighted by Crippen LogP contribution is 2.71. The molecular formula is C27H29N3O18P4. The molecule has 25 heteroatoms. The number of carbonyl (C=O) groups is 1. The van der Waals surface area contributed by atoms with Crippen molar-refractivity contribution >= 4 is 53.6 Å². The van der Waals surface area contributed by atoms with E-state index in [1.807, 2.05) is 4.98 Å². The van der Waals surface area contributed by atoms with Crippen LogP contribution in [0.25, 0.3) is 10.8 Å². The van der Waals surface area contributed by atoms with Crippen molar-refractivity contribution in [3.63, 3.8) is 0 Å². The maximum absolute atomic E-state index is 12.7. The van der Waals surface area contributed by atoms with Gasteiger partial charge in [0.1, 0.15) is 12.2 Å². The third-order valence-electron chi connectivity index (χ3n) is 7.00. The number of carbonyl (C=O) groups excluding carboxylic acids is 1. The van der Waals surface area contributed by atoms with E-state index in [9.17, 15) is 57.3 Å². The van der Waals surface area contributed by atoms with Gasteiger partial charge in [-0.2, -0.15) is 8.62 Å². The monoisotopic (exact) mass is 807 g/mol. The van der Waals surface area contributed by atoms with E-state index in [1.54, 1.807) is 48.5 Å². The maximum atomic E-state index is 12.7. The molecule has 8 atom stereocenters. The van der Waals surface area contributed by atoms with Crippen LogP contribution in [0.2, 0.25) is 0 Å².